The molecule has 0 atom stereocenters. The molecule has 0 aliphatic rings. The maximum atomic E-state index is 12.0. The first-order valence-electron chi connectivity index (χ1n) is 6.42. The second-order valence-electron chi connectivity index (χ2n) is 4.39. The molecule has 1 N–H and O–H groups in total. The van der Waals surface area contributed by atoms with Gasteiger partial charge in [-0.15, -0.1) is 29.3 Å². The number of nitrogens with one attached hydrogen (secondary N) is 1. The topological polar surface area (TPSA) is 32.3 Å². The molecule has 3 nitrogen and oxygen atoms in total. The molecule has 2 rings (SSSR count). The zero-order chi connectivity index (χ0) is 14.2. The highest BCUT2D eigenvalue weighted by molar-refractivity contribution is 7.10. The number of hydrogen-bond acceptors (Lipinski definition) is 4. The molecule has 0 saturated carbocycles. The fourth-order valence-electron chi connectivity index (χ4n) is 1.85. The van der Waals surface area contributed by atoms with Gasteiger partial charge in [0.2, 0.25) is 5.91 Å². The molecule has 0 aliphatic carbocycles. The number of rotatable bonds is 8. The van der Waals surface area contributed by atoms with Crippen LogP contribution in [0.5, 0.6) is 0 Å². The fourth-order valence-corrected chi connectivity index (χ4v) is 3.24. The van der Waals surface area contributed by atoms with Gasteiger partial charge in [-0.2, -0.15) is 0 Å². The Balaban J connectivity index is 1.80. The highest BCUT2D eigenvalue weighted by Crippen LogP contribution is 2.12. The molecule has 0 spiro atoms. The molecule has 1 amide bonds. The smallest absolute Gasteiger partial charge is 0.234 e. The lowest BCUT2D eigenvalue weighted by Gasteiger charge is -2.19. The SMILES string of the molecule is C=CCN(CC(=O)NCc1cccs1)Cc1cccs1. The van der Waals surface area contributed by atoms with E-state index in [0.29, 0.717) is 19.6 Å². The Morgan fingerprint density at radius 3 is 2.55 bits per heavy atom. The van der Waals surface area contributed by atoms with E-state index in [1.165, 1.54) is 9.75 Å². The Labute approximate surface area is 127 Å². The van der Waals surface area contributed by atoms with Gasteiger partial charge in [0.25, 0.3) is 0 Å². The van der Waals surface area contributed by atoms with Gasteiger partial charge in [0.15, 0.2) is 0 Å². The molecular formula is C15H18N2OS2. The van der Waals surface area contributed by atoms with Crippen LogP contribution in [-0.4, -0.2) is 23.9 Å². The van der Waals surface area contributed by atoms with Crippen LogP contribution in [0.4, 0.5) is 0 Å². The van der Waals surface area contributed by atoms with E-state index >= 15 is 0 Å². The maximum Gasteiger partial charge on any atom is 0.234 e. The standard InChI is InChI=1S/C15H18N2OS2/c1-2-7-17(11-14-6-4-9-20-14)12-15(18)16-10-13-5-3-8-19-13/h2-6,8-9H,1,7,10-12H2,(H,16,18). The Hall–Kier alpha value is -1.43. The molecule has 0 saturated heterocycles. The summed E-state index contributed by atoms with van der Waals surface area (Å²) >= 11 is 3.36. The number of thiophene rings is 2. The van der Waals surface area contributed by atoms with Crippen molar-refractivity contribution in [3.63, 3.8) is 0 Å². The first kappa shape index (κ1) is 15.0. The third kappa shape index (κ3) is 4.92. The highest BCUT2D eigenvalue weighted by atomic mass is 32.1. The summed E-state index contributed by atoms with van der Waals surface area (Å²) in [6, 6.07) is 8.14. The van der Waals surface area contributed by atoms with Crippen molar-refractivity contribution in [1.82, 2.24) is 10.2 Å². The van der Waals surface area contributed by atoms with Crippen LogP contribution in [0.25, 0.3) is 0 Å². The minimum atomic E-state index is 0.0526. The first-order valence-corrected chi connectivity index (χ1v) is 8.18. The van der Waals surface area contributed by atoms with E-state index in [1.54, 1.807) is 22.7 Å². The predicted octanol–water partition coefficient (Wildman–Crippen LogP) is 3.11. The largest absolute Gasteiger partial charge is 0.350 e. The van der Waals surface area contributed by atoms with Crippen molar-refractivity contribution in [3.8, 4) is 0 Å². The normalized spacial score (nSPS) is 10.7. The van der Waals surface area contributed by atoms with Gasteiger partial charge in [0.1, 0.15) is 0 Å². The lowest BCUT2D eigenvalue weighted by molar-refractivity contribution is -0.122. The van der Waals surface area contributed by atoms with E-state index in [4.69, 9.17) is 0 Å². The second kappa shape index (κ2) is 7.99. The summed E-state index contributed by atoms with van der Waals surface area (Å²) in [7, 11) is 0. The number of nitrogens with zero attached hydrogens (tertiary/aromatic N) is 1. The van der Waals surface area contributed by atoms with Gasteiger partial charge >= 0.3 is 0 Å². The predicted molar refractivity (Wildman–Crippen MR) is 86.0 cm³/mol. The first-order chi connectivity index (χ1) is 9.78. The van der Waals surface area contributed by atoms with Crippen LogP contribution in [0.2, 0.25) is 0 Å². The molecule has 0 bridgehead atoms. The van der Waals surface area contributed by atoms with E-state index < -0.39 is 0 Å². The van der Waals surface area contributed by atoms with Crippen LogP contribution in [0.3, 0.4) is 0 Å². The average molecular weight is 306 g/mol. The maximum absolute atomic E-state index is 12.0. The molecule has 106 valence electrons. The molecule has 5 heteroatoms. The Morgan fingerprint density at radius 2 is 1.95 bits per heavy atom. The van der Waals surface area contributed by atoms with Crippen molar-refractivity contribution in [2.75, 3.05) is 13.1 Å². The van der Waals surface area contributed by atoms with Crippen molar-refractivity contribution < 1.29 is 4.79 Å². The van der Waals surface area contributed by atoms with Crippen molar-refractivity contribution in [3.05, 3.63) is 57.4 Å². The van der Waals surface area contributed by atoms with Crippen LogP contribution >= 0.6 is 22.7 Å². The second-order valence-corrected chi connectivity index (χ2v) is 6.46. The number of carbonyl (C=O) groups excluding carboxylic acids is 1. The average Bonchev–Trinajstić information content (AvgIpc) is 3.09. The number of hydrogen-bond donors (Lipinski definition) is 1. The summed E-state index contributed by atoms with van der Waals surface area (Å²) in [5, 5.41) is 7.02. The van der Waals surface area contributed by atoms with Gasteiger partial charge in [-0.05, 0) is 22.9 Å². The Kier molecular flexibility index (Phi) is 5.98. The monoisotopic (exact) mass is 306 g/mol. The molecular weight excluding hydrogens is 288 g/mol. The van der Waals surface area contributed by atoms with Crippen molar-refractivity contribution in [2.24, 2.45) is 0 Å². The quantitative estimate of drug-likeness (QED) is 0.760. The van der Waals surface area contributed by atoms with Crippen LogP contribution in [0, 0.1) is 0 Å². The molecule has 2 aromatic heterocycles. The number of carbonyl (C=O) groups is 1. The third-order valence-electron chi connectivity index (χ3n) is 2.75. The van der Waals surface area contributed by atoms with Gasteiger partial charge in [-0.1, -0.05) is 18.2 Å². The lowest BCUT2D eigenvalue weighted by atomic mass is 10.3. The molecule has 20 heavy (non-hydrogen) atoms. The van der Waals surface area contributed by atoms with E-state index in [1.807, 2.05) is 29.7 Å². The van der Waals surface area contributed by atoms with Gasteiger partial charge in [0, 0.05) is 22.8 Å². The third-order valence-corrected chi connectivity index (χ3v) is 4.49. The van der Waals surface area contributed by atoms with Crippen LogP contribution in [0.1, 0.15) is 9.75 Å². The molecule has 2 heterocycles. The Bertz CT molecular complexity index is 520. The summed E-state index contributed by atoms with van der Waals surface area (Å²) in [5.41, 5.74) is 0. The summed E-state index contributed by atoms with van der Waals surface area (Å²) in [6.45, 7) is 6.26. The van der Waals surface area contributed by atoms with Crippen LogP contribution < -0.4 is 5.32 Å². The molecule has 0 fully saturated rings. The van der Waals surface area contributed by atoms with Gasteiger partial charge in [-0.25, -0.2) is 0 Å². The van der Waals surface area contributed by atoms with Crippen molar-refractivity contribution in [2.45, 2.75) is 13.1 Å². The summed E-state index contributed by atoms with van der Waals surface area (Å²) in [6.07, 6.45) is 1.83. The Morgan fingerprint density at radius 1 is 1.25 bits per heavy atom. The van der Waals surface area contributed by atoms with E-state index in [-0.39, 0.29) is 5.91 Å². The van der Waals surface area contributed by atoms with E-state index in [9.17, 15) is 4.79 Å². The van der Waals surface area contributed by atoms with Gasteiger partial charge < -0.3 is 5.32 Å². The number of amides is 1. The lowest BCUT2D eigenvalue weighted by Crippen LogP contribution is -2.36. The van der Waals surface area contributed by atoms with E-state index in [2.05, 4.69) is 28.2 Å². The van der Waals surface area contributed by atoms with Crippen molar-refractivity contribution in [1.29, 1.82) is 0 Å². The highest BCUT2D eigenvalue weighted by Gasteiger charge is 2.10. The molecule has 0 radical (unpaired) electrons. The minimum absolute atomic E-state index is 0.0526. The fraction of sp³-hybridized carbons (Fsp3) is 0.267. The van der Waals surface area contributed by atoms with Crippen LogP contribution in [-0.2, 0) is 17.9 Å². The molecule has 0 aliphatic heterocycles. The molecule has 0 aromatic carbocycles. The van der Waals surface area contributed by atoms with Gasteiger partial charge in [-0.3, -0.25) is 9.69 Å². The van der Waals surface area contributed by atoms with Crippen molar-refractivity contribution >= 4 is 28.6 Å². The zero-order valence-corrected chi connectivity index (χ0v) is 12.9. The summed E-state index contributed by atoms with van der Waals surface area (Å²) < 4.78 is 0. The summed E-state index contributed by atoms with van der Waals surface area (Å²) in [5.74, 6) is 0.0526. The van der Waals surface area contributed by atoms with Gasteiger partial charge in [0.05, 0.1) is 13.1 Å². The molecule has 0 unspecified atom stereocenters. The van der Waals surface area contributed by atoms with E-state index in [0.717, 1.165) is 6.54 Å². The minimum Gasteiger partial charge on any atom is -0.350 e. The zero-order valence-electron chi connectivity index (χ0n) is 11.2. The van der Waals surface area contributed by atoms with Crippen LogP contribution in [0.15, 0.2) is 47.7 Å². The molecule has 2 aromatic rings. The summed E-state index contributed by atoms with van der Waals surface area (Å²) in [4.78, 5) is 16.5.